The number of ether oxygens (including phenoxy) is 1. The molecule has 1 aliphatic rings. The number of rotatable bonds is 5. The number of hydrogen-bond donors (Lipinski definition) is 1. The van der Waals surface area contributed by atoms with Gasteiger partial charge in [-0.3, -0.25) is 4.79 Å². The van der Waals surface area contributed by atoms with Gasteiger partial charge in [0.15, 0.2) is 0 Å². The van der Waals surface area contributed by atoms with Crippen LogP contribution in [0.1, 0.15) is 40.9 Å². The van der Waals surface area contributed by atoms with E-state index >= 15 is 0 Å². The molecule has 1 aromatic heterocycles. The molecule has 1 aliphatic heterocycles. The van der Waals surface area contributed by atoms with Gasteiger partial charge in [0.05, 0.1) is 18.8 Å². The number of H-pyrrole nitrogens is 1. The predicted octanol–water partition coefficient (Wildman–Crippen LogP) is 5.80. The molecule has 3 aromatic carbocycles. The number of fused-ring (bicyclic) bond motifs is 2. The average Bonchev–Trinajstić information content (AvgIpc) is 3.30. The van der Waals surface area contributed by atoms with E-state index in [1.165, 1.54) is 0 Å². The van der Waals surface area contributed by atoms with Gasteiger partial charge in [-0.15, -0.1) is 0 Å². The second-order valence-electron chi connectivity index (χ2n) is 7.68. The quantitative estimate of drug-likeness (QED) is 0.463. The Kier molecular flexibility index (Phi) is 4.55. The van der Waals surface area contributed by atoms with E-state index in [9.17, 15) is 4.79 Å². The monoisotopic (exact) mass is 396 g/mol. The number of methoxy groups -OCH3 is 1. The average molecular weight is 396 g/mol. The van der Waals surface area contributed by atoms with Crippen molar-refractivity contribution in [2.75, 3.05) is 13.7 Å². The van der Waals surface area contributed by atoms with Gasteiger partial charge in [-0.1, -0.05) is 55.5 Å². The Morgan fingerprint density at radius 1 is 1.00 bits per heavy atom. The highest BCUT2D eigenvalue weighted by atomic mass is 16.5. The van der Waals surface area contributed by atoms with Crippen molar-refractivity contribution in [3.05, 3.63) is 89.5 Å². The lowest BCUT2D eigenvalue weighted by molar-refractivity contribution is 0.0751. The Labute approximate surface area is 176 Å². The molecule has 1 N–H and O–H groups in total. The lowest BCUT2D eigenvalue weighted by atomic mass is 9.93. The summed E-state index contributed by atoms with van der Waals surface area (Å²) in [6.45, 7) is 2.83. The molecule has 0 aliphatic carbocycles. The number of nitrogens with one attached hydrogen (secondary N) is 1. The molecule has 0 saturated heterocycles. The molecule has 1 atom stereocenters. The summed E-state index contributed by atoms with van der Waals surface area (Å²) >= 11 is 0. The largest absolute Gasteiger partial charge is 0.497 e. The van der Waals surface area contributed by atoms with Crippen molar-refractivity contribution >= 4 is 16.8 Å². The van der Waals surface area contributed by atoms with E-state index in [2.05, 4.69) is 42.2 Å². The van der Waals surface area contributed by atoms with Gasteiger partial charge in [0.1, 0.15) is 5.75 Å². The highest BCUT2D eigenvalue weighted by molar-refractivity contribution is 6.02. The van der Waals surface area contributed by atoms with Gasteiger partial charge < -0.3 is 14.6 Å². The molecule has 0 radical (unpaired) electrons. The standard InChI is InChI=1S/C26H24N2O2/c1-3-15-28-25(19-11-4-5-12-20(19)26(28)29)23-21-13-6-7-14-22(21)27-24(23)17-9-8-10-18(16-17)30-2/h4-14,16,25,27H,3,15H2,1-2H3. The maximum absolute atomic E-state index is 13.3. The highest BCUT2D eigenvalue weighted by Crippen LogP contribution is 2.45. The van der Waals surface area contributed by atoms with Crippen LogP contribution < -0.4 is 4.74 Å². The van der Waals surface area contributed by atoms with Crippen LogP contribution in [0, 0.1) is 0 Å². The molecule has 1 unspecified atom stereocenters. The molecular weight excluding hydrogens is 372 g/mol. The van der Waals surface area contributed by atoms with E-state index in [-0.39, 0.29) is 11.9 Å². The fourth-order valence-electron chi connectivity index (χ4n) is 4.61. The molecule has 0 spiro atoms. The maximum Gasteiger partial charge on any atom is 0.255 e. The number of nitrogens with zero attached hydrogens (tertiary/aromatic N) is 1. The number of aromatic amines is 1. The summed E-state index contributed by atoms with van der Waals surface area (Å²) in [6.07, 6.45) is 0.910. The van der Waals surface area contributed by atoms with E-state index in [1.54, 1.807) is 7.11 Å². The van der Waals surface area contributed by atoms with Crippen LogP contribution in [0.2, 0.25) is 0 Å². The van der Waals surface area contributed by atoms with E-state index in [4.69, 9.17) is 4.74 Å². The van der Waals surface area contributed by atoms with Gasteiger partial charge in [-0.05, 0) is 36.2 Å². The van der Waals surface area contributed by atoms with Gasteiger partial charge >= 0.3 is 0 Å². The third-order valence-electron chi connectivity index (χ3n) is 5.90. The third-order valence-corrected chi connectivity index (χ3v) is 5.90. The van der Waals surface area contributed by atoms with Crippen molar-refractivity contribution in [1.82, 2.24) is 9.88 Å². The summed E-state index contributed by atoms with van der Waals surface area (Å²) in [6, 6.07) is 24.3. The summed E-state index contributed by atoms with van der Waals surface area (Å²) in [5.41, 5.74) is 6.17. The van der Waals surface area contributed by atoms with E-state index in [1.807, 2.05) is 47.4 Å². The summed E-state index contributed by atoms with van der Waals surface area (Å²) in [7, 11) is 1.68. The summed E-state index contributed by atoms with van der Waals surface area (Å²) in [5, 5.41) is 1.14. The van der Waals surface area contributed by atoms with Crippen LogP contribution in [-0.2, 0) is 0 Å². The highest BCUT2D eigenvalue weighted by Gasteiger charge is 2.39. The third kappa shape index (κ3) is 2.79. The fraction of sp³-hybridized carbons (Fsp3) is 0.192. The second-order valence-corrected chi connectivity index (χ2v) is 7.68. The molecule has 4 heteroatoms. The Morgan fingerprint density at radius 3 is 2.63 bits per heavy atom. The van der Waals surface area contributed by atoms with Gasteiger partial charge in [0.25, 0.3) is 5.91 Å². The summed E-state index contributed by atoms with van der Waals surface area (Å²) in [4.78, 5) is 18.9. The number of benzene rings is 3. The SMILES string of the molecule is CCCN1C(=O)c2ccccc2C1c1c(-c2cccc(OC)c2)[nH]c2ccccc12. The predicted molar refractivity (Wildman–Crippen MR) is 120 cm³/mol. The Morgan fingerprint density at radius 2 is 1.80 bits per heavy atom. The van der Waals surface area contributed by atoms with Crippen LogP contribution in [0.3, 0.4) is 0 Å². The number of amides is 1. The molecule has 0 bridgehead atoms. The molecule has 2 heterocycles. The molecule has 5 rings (SSSR count). The first-order valence-electron chi connectivity index (χ1n) is 10.4. The molecule has 1 amide bonds. The molecule has 150 valence electrons. The number of hydrogen-bond acceptors (Lipinski definition) is 2. The zero-order chi connectivity index (χ0) is 20.7. The first kappa shape index (κ1) is 18.5. The summed E-state index contributed by atoms with van der Waals surface area (Å²) in [5.74, 6) is 0.921. The second kappa shape index (κ2) is 7.38. The van der Waals surface area contributed by atoms with Gasteiger partial charge in [-0.25, -0.2) is 0 Å². The first-order chi connectivity index (χ1) is 14.7. The van der Waals surface area contributed by atoms with Crippen molar-refractivity contribution in [3.8, 4) is 17.0 Å². The van der Waals surface area contributed by atoms with Crippen molar-refractivity contribution in [3.63, 3.8) is 0 Å². The molecule has 4 aromatic rings. The molecule has 0 fully saturated rings. The van der Waals surface area contributed by atoms with Crippen LogP contribution >= 0.6 is 0 Å². The Balaban J connectivity index is 1.80. The minimum atomic E-state index is -0.119. The molecule has 0 saturated carbocycles. The minimum absolute atomic E-state index is 0.110. The van der Waals surface area contributed by atoms with Crippen molar-refractivity contribution in [2.24, 2.45) is 0 Å². The van der Waals surface area contributed by atoms with Gasteiger partial charge in [-0.2, -0.15) is 0 Å². The van der Waals surface area contributed by atoms with E-state index in [0.29, 0.717) is 0 Å². The Bertz CT molecular complexity index is 1240. The van der Waals surface area contributed by atoms with Crippen molar-refractivity contribution in [2.45, 2.75) is 19.4 Å². The first-order valence-corrected chi connectivity index (χ1v) is 10.4. The molecule has 30 heavy (non-hydrogen) atoms. The summed E-state index contributed by atoms with van der Waals surface area (Å²) < 4.78 is 5.47. The van der Waals surface area contributed by atoms with Gasteiger partial charge in [0.2, 0.25) is 0 Å². The topological polar surface area (TPSA) is 45.3 Å². The van der Waals surface area contributed by atoms with Gasteiger partial charge in [0, 0.05) is 34.1 Å². The van der Waals surface area contributed by atoms with Crippen LogP contribution in [0.15, 0.2) is 72.8 Å². The zero-order valence-corrected chi connectivity index (χ0v) is 17.2. The minimum Gasteiger partial charge on any atom is -0.497 e. The maximum atomic E-state index is 13.3. The van der Waals surface area contributed by atoms with E-state index < -0.39 is 0 Å². The smallest absolute Gasteiger partial charge is 0.255 e. The van der Waals surface area contributed by atoms with Crippen LogP contribution in [0.25, 0.3) is 22.2 Å². The van der Waals surface area contributed by atoms with Crippen molar-refractivity contribution < 1.29 is 9.53 Å². The molecule has 4 nitrogen and oxygen atoms in total. The number of carbonyl (C=O) groups is 1. The van der Waals surface area contributed by atoms with Crippen LogP contribution in [0.4, 0.5) is 0 Å². The molecular formula is C26H24N2O2. The Hall–Kier alpha value is -3.53. The lowest BCUT2D eigenvalue weighted by Crippen LogP contribution is -2.29. The van der Waals surface area contributed by atoms with E-state index in [0.717, 1.165) is 57.6 Å². The van der Waals surface area contributed by atoms with Crippen LogP contribution in [-0.4, -0.2) is 29.4 Å². The number of carbonyl (C=O) groups excluding carboxylic acids is 1. The van der Waals surface area contributed by atoms with Crippen LogP contribution in [0.5, 0.6) is 5.75 Å². The number of aromatic nitrogens is 1. The number of para-hydroxylation sites is 1. The fourth-order valence-corrected chi connectivity index (χ4v) is 4.61. The normalized spacial score (nSPS) is 15.6. The lowest BCUT2D eigenvalue weighted by Gasteiger charge is -2.26. The van der Waals surface area contributed by atoms with Crippen molar-refractivity contribution in [1.29, 1.82) is 0 Å². The zero-order valence-electron chi connectivity index (χ0n) is 17.2.